The first kappa shape index (κ1) is 27.2. The molecule has 0 bridgehead atoms. The molecule has 16 heteroatoms. The highest BCUT2D eigenvalue weighted by Gasteiger charge is 2.25. The summed E-state index contributed by atoms with van der Waals surface area (Å²) < 4.78 is 25.1. The molecule has 0 amide bonds. The lowest BCUT2D eigenvalue weighted by Gasteiger charge is -2.10. The molecule has 4 N–H and O–H groups in total. The standard InChI is InChI=1S/C5H10Cl3O4P.C2H4Cl3O4P/c6-5(7,8)3-1-2-4-12-13(9,10)11;3-2(4,5)1-9-10(6,7)8/h1-4H2,(H2,9,10,11);1H2,(H2,6,7,8). The molecule has 0 atom stereocenters. The van der Waals surface area contributed by atoms with Crippen molar-refractivity contribution in [3.63, 3.8) is 0 Å². The molecule has 0 heterocycles. The third-order valence-corrected chi connectivity index (χ3v) is 3.39. The van der Waals surface area contributed by atoms with Gasteiger partial charge < -0.3 is 19.6 Å². The molecule has 0 aromatic carbocycles. The smallest absolute Gasteiger partial charge is 0.303 e. The van der Waals surface area contributed by atoms with E-state index in [1.54, 1.807) is 0 Å². The highest BCUT2D eigenvalue weighted by atomic mass is 35.6. The van der Waals surface area contributed by atoms with Crippen LogP contribution < -0.4 is 0 Å². The van der Waals surface area contributed by atoms with E-state index in [1.807, 2.05) is 0 Å². The van der Waals surface area contributed by atoms with Crippen LogP contribution in [0.4, 0.5) is 0 Å². The van der Waals surface area contributed by atoms with Gasteiger partial charge in [0.1, 0.15) is 6.61 Å². The number of phosphoric ester groups is 2. The van der Waals surface area contributed by atoms with Crippen molar-refractivity contribution in [1.29, 1.82) is 0 Å². The van der Waals surface area contributed by atoms with Crippen LogP contribution in [-0.2, 0) is 18.2 Å². The van der Waals surface area contributed by atoms with Gasteiger partial charge in [0.25, 0.3) is 0 Å². The minimum Gasteiger partial charge on any atom is -0.303 e. The molecule has 0 aliphatic rings. The van der Waals surface area contributed by atoms with E-state index in [1.165, 1.54) is 0 Å². The Kier molecular flexibility index (Phi) is 13.7. The fourth-order valence-electron chi connectivity index (χ4n) is 0.768. The Bertz CT molecular complexity index is 412. The number of unbranched alkanes of at least 4 members (excludes halogenated alkanes) is 1. The van der Waals surface area contributed by atoms with Crippen LogP contribution in [0.2, 0.25) is 0 Å². The van der Waals surface area contributed by atoms with Crippen LogP contribution in [0.3, 0.4) is 0 Å². The summed E-state index contributed by atoms with van der Waals surface area (Å²) in [5.41, 5.74) is 0. The summed E-state index contributed by atoms with van der Waals surface area (Å²) in [7, 11) is -8.86. The van der Waals surface area contributed by atoms with E-state index in [-0.39, 0.29) is 6.61 Å². The molecular weight excluding hydrogens is 487 g/mol. The highest BCUT2D eigenvalue weighted by molar-refractivity contribution is 7.46. The van der Waals surface area contributed by atoms with Gasteiger partial charge in [0.15, 0.2) is 3.79 Å². The molecular formula is C7H14Cl6O8P2. The summed E-state index contributed by atoms with van der Waals surface area (Å²) in [4.78, 5) is 32.8. The number of hydrogen-bond donors (Lipinski definition) is 4. The minimum atomic E-state index is -4.52. The quantitative estimate of drug-likeness (QED) is 0.233. The van der Waals surface area contributed by atoms with E-state index in [0.717, 1.165) is 0 Å². The Morgan fingerprint density at radius 2 is 1.17 bits per heavy atom. The van der Waals surface area contributed by atoms with Crippen LogP contribution in [0.25, 0.3) is 0 Å². The van der Waals surface area contributed by atoms with E-state index in [0.29, 0.717) is 19.3 Å². The summed E-state index contributed by atoms with van der Waals surface area (Å²) in [6.07, 6.45) is 1.32. The van der Waals surface area contributed by atoms with Crippen molar-refractivity contribution < 1.29 is 37.8 Å². The predicted octanol–water partition coefficient (Wildman–Crippen LogP) is 4.10. The van der Waals surface area contributed by atoms with Gasteiger partial charge >= 0.3 is 15.6 Å². The molecule has 0 fully saturated rings. The van der Waals surface area contributed by atoms with Gasteiger partial charge in [-0.05, 0) is 19.3 Å². The van der Waals surface area contributed by atoms with Crippen molar-refractivity contribution in [2.24, 2.45) is 0 Å². The van der Waals surface area contributed by atoms with Crippen molar-refractivity contribution in [2.75, 3.05) is 13.2 Å². The van der Waals surface area contributed by atoms with E-state index < -0.39 is 29.8 Å². The maximum absolute atomic E-state index is 10.2. The molecule has 8 nitrogen and oxygen atoms in total. The molecule has 0 spiro atoms. The van der Waals surface area contributed by atoms with Gasteiger partial charge in [0.05, 0.1) is 6.61 Å². The average molecular weight is 501 g/mol. The topological polar surface area (TPSA) is 134 Å². The Labute approximate surface area is 162 Å². The van der Waals surface area contributed by atoms with Crippen molar-refractivity contribution in [3.05, 3.63) is 0 Å². The summed E-state index contributed by atoms with van der Waals surface area (Å²) in [5.74, 6) is 0. The molecule has 0 saturated heterocycles. The Morgan fingerprint density at radius 3 is 1.43 bits per heavy atom. The van der Waals surface area contributed by atoms with Gasteiger partial charge in [0, 0.05) is 0 Å². The van der Waals surface area contributed by atoms with Crippen LogP contribution in [-0.4, -0.2) is 40.4 Å². The minimum absolute atomic E-state index is 0.0367. The van der Waals surface area contributed by atoms with Crippen molar-refractivity contribution in [2.45, 2.75) is 26.8 Å². The monoisotopic (exact) mass is 498 g/mol. The van der Waals surface area contributed by atoms with Crippen LogP contribution in [0.5, 0.6) is 0 Å². The van der Waals surface area contributed by atoms with Gasteiger partial charge in [-0.1, -0.05) is 69.6 Å². The fraction of sp³-hybridized carbons (Fsp3) is 1.00. The number of hydrogen-bond acceptors (Lipinski definition) is 4. The zero-order valence-electron chi connectivity index (χ0n) is 11.1. The second-order valence-corrected chi connectivity index (χ2v) is 11.3. The lowest BCUT2D eigenvalue weighted by molar-refractivity contribution is 0.193. The van der Waals surface area contributed by atoms with E-state index in [4.69, 9.17) is 89.2 Å². The summed E-state index contributed by atoms with van der Waals surface area (Å²) in [6.45, 7) is -0.674. The lowest BCUT2D eigenvalue weighted by Crippen LogP contribution is -2.11. The molecule has 0 saturated carbocycles. The van der Waals surface area contributed by atoms with E-state index in [2.05, 4.69) is 9.05 Å². The molecule has 0 aliphatic carbocycles. The summed E-state index contributed by atoms with van der Waals surface area (Å²) in [5, 5.41) is 0. The normalized spacial score (nSPS) is 13.5. The molecule has 0 aromatic rings. The SMILES string of the molecule is O=P(O)(O)OCC(Cl)(Cl)Cl.O=P(O)(O)OCCCCC(Cl)(Cl)Cl. The largest absolute Gasteiger partial charge is 0.469 e. The molecule has 0 radical (unpaired) electrons. The average Bonchev–Trinajstić information content (AvgIpc) is 2.22. The third kappa shape index (κ3) is 32.1. The zero-order chi connectivity index (χ0) is 18.9. The van der Waals surface area contributed by atoms with Gasteiger partial charge in [-0.15, -0.1) is 0 Å². The first-order chi connectivity index (χ1) is 9.91. The zero-order valence-corrected chi connectivity index (χ0v) is 17.4. The Hall–Kier alpha value is 1.96. The maximum Gasteiger partial charge on any atom is 0.469 e. The summed E-state index contributed by atoms with van der Waals surface area (Å²) >= 11 is 31.6. The first-order valence-electron chi connectivity index (χ1n) is 5.45. The van der Waals surface area contributed by atoms with Gasteiger partial charge in [-0.25, -0.2) is 9.13 Å². The Morgan fingerprint density at radius 1 is 0.739 bits per heavy atom. The van der Waals surface area contributed by atoms with Crippen LogP contribution in [0, 0.1) is 0 Å². The molecule has 0 rings (SSSR count). The first-order valence-corrected chi connectivity index (χ1v) is 10.8. The predicted molar refractivity (Wildman–Crippen MR) is 90.4 cm³/mol. The molecule has 23 heavy (non-hydrogen) atoms. The van der Waals surface area contributed by atoms with Gasteiger partial charge in [0.2, 0.25) is 3.79 Å². The third-order valence-electron chi connectivity index (χ3n) is 1.51. The van der Waals surface area contributed by atoms with Crippen LogP contribution >= 0.6 is 85.3 Å². The van der Waals surface area contributed by atoms with Gasteiger partial charge in [-0.2, -0.15) is 0 Å². The van der Waals surface area contributed by atoms with Gasteiger partial charge in [-0.3, -0.25) is 9.05 Å². The van der Waals surface area contributed by atoms with E-state index in [9.17, 15) is 9.13 Å². The van der Waals surface area contributed by atoms with Crippen molar-refractivity contribution >= 4 is 85.3 Å². The lowest BCUT2D eigenvalue weighted by atomic mass is 10.3. The van der Waals surface area contributed by atoms with Crippen molar-refractivity contribution in [3.8, 4) is 0 Å². The number of rotatable bonds is 7. The number of alkyl halides is 6. The molecule has 0 aliphatic heterocycles. The van der Waals surface area contributed by atoms with Crippen LogP contribution in [0.15, 0.2) is 0 Å². The summed E-state index contributed by atoms with van der Waals surface area (Å²) in [6, 6.07) is 0. The number of halogens is 6. The second kappa shape index (κ2) is 11.6. The number of phosphoric acid groups is 2. The molecule has 142 valence electrons. The fourth-order valence-corrected chi connectivity index (χ4v) is 2.29. The Balaban J connectivity index is 0. The van der Waals surface area contributed by atoms with Crippen LogP contribution in [0.1, 0.15) is 19.3 Å². The maximum atomic E-state index is 10.2. The second-order valence-electron chi connectivity index (χ2n) is 3.78. The molecule has 0 aromatic heterocycles. The highest BCUT2D eigenvalue weighted by Crippen LogP contribution is 2.39. The molecule has 0 unspecified atom stereocenters. The van der Waals surface area contributed by atoms with E-state index >= 15 is 0 Å². The van der Waals surface area contributed by atoms with Crippen molar-refractivity contribution in [1.82, 2.24) is 0 Å².